The van der Waals surface area contributed by atoms with Crippen molar-refractivity contribution in [1.29, 1.82) is 0 Å². The molecule has 2 fully saturated rings. The van der Waals surface area contributed by atoms with Crippen molar-refractivity contribution in [3.05, 3.63) is 47.0 Å². The van der Waals surface area contributed by atoms with Gasteiger partial charge >= 0.3 is 0 Å². The highest BCUT2D eigenvalue weighted by Gasteiger charge is 2.43. The number of rotatable bonds is 5. The van der Waals surface area contributed by atoms with Gasteiger partial charge in [-0.3, -0.25) is 9.59 Å². The number of likely N-dealkylation sites (tertiary alicyclic amines) is 1. The van der Waals surface area contributed by atoms with Crippen LogP contribution in [-0.4, -0.2) is 50.6 Å². The summed E-state index contributed by atoms with van der Waals surface area (Å²) in [5, 5.41) is 7.57. The number of piperidine rings is 1. The number of fused-ring (bicyclic) bond motifs is 2. The second kappa shape index (κ2) is 7.97. The molecule has 7 heteroatoms. The van der Waals surface area contributed by atoms with Gasteiger partial charge in [-0.25, -0.2) is 9.67 Å². The van der Waals surface area contributed by atoms with Crippen molar-refractivity contribution < 1.29 is 9.59 Å². The number of amides is 2. The number of aromatic nitrogens is 3. The van der Waals surface area contributed by atoms with Gasteiger partial charge in [0.05, 0.1) is 6.42 Å². The molecule has 1 saturated heterocycles. The highest BCUT2D eigenvalue weighted by molar-refractivity contribution is 5.79. The smallest absolute Gasteiger partial charge is 0.244 e. The lowest BCUT2D eigenvalue weighted by molar-refractivity contribution is -0.135. The fourth-order valence-electron chi connectivity index (χ4n) is 4.82. The topological polar surface area (TPSA) is 80.1 Å². The van der Waals surface area contributed by atoms with Gasteiger partial charge in [0.1, 0.15) is 18.2 Å². The quantitative estimate of drug-likeness (QED) is 0.837. The molecule has 0 radical (unpaired) electrons. The maximum Gasteiger partial charge on any atom is 0.244 e. The van der Waals surface area contributed by atoms with E-state index in [1.54, 1.807) is 4.68 Å². The zero-order valence-corrected chi connectivity index (χ0v) is 17.4. The minimum absolute atomic E-state index is 0.0784. The third-order valence-corrected chi connectivity index (χ3v) is 6.37. The Labute approximate surface area is 171 Å². The predicted molar refractivity (Wildman–Crippen MR) is 109 cm³/mol. The van der Waals surface area contributed by atoms with E-state index in [2.05, 4.69) is 15.4 Å². The van der Waals surface area contributed by atoms with E-state index in [1.807, 2.05) is 49.9 Å². The first-order chi connectivity index (χ1) is 13.9. The van der Waals surface area contributed by atoms with E-state index in [0.29, 0.717) is 37.2 Å². The van der Waals surface area contributed by atoms with Crippen molar-refractivity contribution in [3.8, 4) is 0 Å². The zero-order chi connectivity index (χ0) is 20.5. The molecule has 29 heavy (non-hydrogen) atoms. The number of nitrogens with one attached hydrogen (secondary N) is 1. The van der Waals surface area contributed by atoms with Gasteiger partial charge in [-0.15, -0.1) is 0 Å². The van der Waals surface area contributed by atoms with Gasteiger partial charge in [0.2, 0.25) is 11.8 Å². The maximum absolute atomic E-state index is 12.8. The van der Waals surface area contributed by atoms with Crippen LogP contribution in [0.15, 0.2) is 24.3 Å². The van der Waals surface area contributed by atoms with Gasteiger partial charge in [0, 0.05) is 19.1 Å². The number of benzene rings is 1. The fourth-order valence-corrected chi connectivity index (χ4v) is 4.82. The van der Waals surface area contributed by atoms with Crippen LogP contribution >= 0.6 is 0 Å². The van der Waals surface area contributed by atoms with Gasteiger partial charge in [-0.1, -0.05) is 24.3 Å². The second-order valence-electron chi connectivity index (χ2n) is 8.46. The summed E-state index contributed by atoms with van der Waals surface area (Å²) in [6.45, 7) is 7.38. The molecule has 1 saturated carbocycles. The summed E-state index contributed by atoms with van der Waals surface area (Å²) in [5.74, 6) is 2.27. The first-order valence-electron chi connectivity index (χ1n) is 10.4. The maximum atomic E-state index is 12.8. The third-order valence-electron chi connectivity index (χ3n) is 6.37. The Morgan fingerprint density at radius 3 is 2.41 bits per heavy atom. The van der Waals surface area contributed by atoms with Crippen LogP contribution in [0.4, 0.5) is 0 Å². The molecule has 2 amide bonds. The van der Waals surface area contributed by atoms with Gasteiger partial charge in [-0.2, -0.15) is 5.10 Å². The number of nitrogens with zero attached hydrogens (tertiary/aromatic N) is 4. The molecule has 2 aromatic rings. The third kappa shape index (κ3) is 4.18. The molecule has 7 nitrogen and oxygen atoms in total. The molecular formula is C22H29N5O2. The highest BCUT2D eigenvalue weighted by Crippen LogP contribution is 2.37. The normalized spacial score (nSPS) is 23.3. The van der Waals surface area contributed by atoms with E-state index in [1.165, 1.54) is 0 Å². The Hall–Kier alpha value is -2.70. The van der Waals surface area contributed by atoms with Crippen molar-refractivity contribution in [2.75, 3.05) is 13.1 Å². The van der Waals surface area contributed by atoms with Crippen LogP contribution in [0, 0.1) is 32.6 Å². The lowest BCUT2D eigenvalue weighted by Crippen LogP contribution is -2.54. The Morgan fingerprint density at radius 2 is 1.79 bits per heavy atom. The molecule has 2 heterocycles. The van der Waals surface area contributed by atoms with Gasteiger partial charge < -0.3 is 10.2 Å². The van der Waals surface area contributed by atoms with E-state index < -0.39 is 0 Å². The molecule has 1 aliphatic heterocycles. The summed E-state index contributed by atoms with van der Waals surface area (Å²) in [5.41, 5.74) is 2.22. The first kappa shape index (κ1) is 19.6. The standard InChI is InChI=1S/C22H29N5O2/c1-14-6-4-5-7-17(14)10-20(28)24-22-18-8-9-19(22)12-26(11-18)21(29)13-27-16(3)23-15(2)25-27/h4-7,18-19,22H,8-13H2,1-3H3,(H,24,28)/t18-,19+,22?. The summed E-state index contributed by atoms with van der Waals surface area (Å²) in [6, 6.07) is 8.19. The minimum atomic E-state index is 0.0784. The number of hydrogen-bond donors (Lipinski definition) is 1. The number of aryl methyl sites for hydroxylation is 3. The molecule has 2 bridgehead atoms. The van der Waals surface area contributed by atoms with Crippen molar-refractivity contribution in [2.24, 2.45) is 11.8 Å². The summed E-state index contributed by atoms with van der Waals surface area (Å²) in [7, 11) is 0. The van der Waals surface area contributed by atoms with Gasteiger partial charge in [0.25, 0.3) is 0 Å². The van der Waals surface area contributed by atoms with Crippen LogP contribution in [0.25, 0.3) is 0 Å². The van der Waals surface area contributed by atoms with Crippen LogP contribution in [0.5, 0.6) is 0 Å². The second-order valence-corrected chi connectivity index (χ2v) is 8.46. The number of carbonyl (C=O) groups is 2. The molecule has 1 aromatic heterocycles. The average molecular weight is 396 g/mol. The summed E-state index contributed by atoms with van der Waals surface area (Å²) >= 11 is 0. The summed E-state index contributed by atoms with van der Waals surface area (Å²) in [4.78, 5) is 31.7. The zero-order valence-electron chi connectivity index (χ0n) is 17.4. The predicted octanol–water partition coefficient (Wildman–Crippen LogP) is 1.80. The molecule has 2 aliphatic rings. The molecule has 1 aromatic carbocycles. The molecular weight excluding hydrogens is 366 g/mol. The number of carbonyl (C=O) groups excluding carboxylic acids is 2. The van der Waals surface area contributed by atoms with Gasteiger partial charge in [0.15, 0.2) is 0 Å². The molecule has 1 N–H and O–H groups in total. The molecule has 3 atom stereocenters. The van der Waals surface area contributed by atoms with Crippen LogP contribution in [0.3, 0.4) is 0 Å². The van der Waals surface area contributed by atoms with E-state index in [-0.39, 0.29) is 24.4 Å². The monoisotopic (exact) mass is 395 g/mol. The Kier molecular flexibility index (Phi) is 5.39. The number of hydrogen-bond acceptors (Lipinski definition) is 4. The molecule has 0 spiro atoms. The molecule has 154 valence electrons. The van der Waals surface area contributed by atoms with E-state index in [0.717, 1.165) is 29.8 Å². The minimum Gasteiger partial charge on any atom is -0.352 e. The SMILES string of the molecule is Cc1nc(C)n(CC(=O)N2C[C@H]3CC[C@@H](C2)C3NC(=O)Cc2ccccc2C)n1. The van der Waals surface area contributed by atoms with Crippen molar-refractivity contribution in [3.63, 3.8) is 0 Å². The molecule has 1 aliphatic carbocycles. The van der Waals surface area contributed by atoms with Crippen molar-refractivity contribution >= 4 is 11.8 Å². The van der Waals surface area contributed by atoms with Crippen LogP contribution < -0.4 is 5.32 Å². The lowest BCUT2D eigenvalue weighted by atomic mass is 9.91. The van der Waals surface area contributed by atoms with Crippen LogP contribution in [0.2, 0.25) is 0 Å². The van der Waals surface area contributed by atoms with Crippen LogP contribution in [0.1, 0.15) is 35.6 Å². The average Bonchev–Trinajstić information content (AvgIpc) is 3.09. The molecule has 4 rings (SSSR count). The van der Waals surface area contributed by atoms with Crippen molar-refractivity contribution in [1.82, 2.24) is 25.0 Å². The van der Waals surface area contributed by atoms with Crippen LogP contribution in [-0.2, 0) is 22.6 Å². The lowest BCUT2D eigenvalue weighted by Gasteiger charge is -2.38. The summed E-state index contributed by atoms with van der Waals surface area (Å²) in [6.07, 6.45) is 2.53. The van der Waals surface area contributed by atoms with E-state index >= 15 is 0 Å². The Bertz CT molecular complexity index is 908. The largest absolute Gasteiger partial charge is 0.352 e. The highest BCUT2D eigenvalue weighted by atomic mass is 16.2. The van der Waals surface area contributed by atoms with E-state index in [9.17, 15) is 9.59 Å². The summed E-state index contributed by atoms with van der Waals surface area (Å²) < 4.78 is 1.68. The Morgan fingerprint density at radius 1 is 1.10 bits per heavy atom. The van der Waals surface area contributed by atoms with Crippen molar-refractivity contribution in [2.45, 2.75) is 52.6 Å². The van der Waals surface area contributed by atoms with E-state index in [4.69, 9.17) is 0 Å². The van der Waals surface area contributed by atoms with Gasteiger partial charge in [-0.05, 0) is 56.6 Å². The molecule has 1 unspecified atom stereocenters. The Balaban J connectivity index is 1.35. The fraction of sp³-hybridized carbons (Fsp3) is 0.545. The first-order valence-corrected chi connectivity index (χ1v) is 10.4.